The first-order valence-corrected chi connectivity index (χ1v) is 8.44. The number of aromatic hydroxyl groups is 1. The molecular weight excluding hydrogens is 304 g/mol. The van der Waals surface area contributed by atoms with Crippen LogP contribution in [0, 0.1) is 5.41 Å². The first-order valence-electron chi connectivity index (χ1n) is 8.44. The van der Waals surface area contributed by atoms with Crippen molar-refractivity contribution in [2.75, 3.05) is 13.1 Å². The molecule has 5 heteroatoms. The van der Waals surface area contributed by atoms with E-state index in [1.165, 1.54) is 0 Å². The molecule has 1 aromatic carbocycles. The number of carbonyl (C=O) groups is 1. The molecule has 1 rings (SSSR count). The number of nitrogens with one attached hydrogen (secondary N) is 2. The van der Waals surface area contributed by atoms with Crippen LogP contribution >= 0.6 is 0 Å². The fourth-order valence-corrected chi connectivity index (χ4v) is 2.29. The van der Waals surface area contributed by atoms with E-state index in [0.29, 0.717) is 25.4 Å². The molecule has 0 spiro atoms. The SMILES string of the molecule is CC(C)(C)OC(=O)[C@@H](NCCNCc1ccccc1O)C(C)(C)C. The van der Waals surface area contributed by atoms with Crippen LogP contribution in [0.4, 0.5) is 0 Å². The van der Waals surface area contributed by atoms with E-state index in [2.05, 4.69) is 10.6 Å². The van der Waals surface area contributed by atoms with Gasteiger partial charge in [-0.2, -0.15) is 0 Å². The zero-order chi connectivity index (χ0) is 18.4. The van der Waals surface area contributed by atoms with Crippen LogP contribution in [0.1, 0.15) is 47.1 Å². The molecule has 0 fully saturated rings. The van der Waals surface area contributed by atoms with Gasteiger partial charge in [-0.05, 0) is 32.3 Å². The molecule has 24 heavy (non-hydrogen) atoms. The summed E-state index contributed by atoms with van der Waals surface area (Å²) in [6.45, 7) is 13.6. The predicted molar refractivity (Wildman–Crippen MR) is 96.9 cm³/mol. The normalized spacial score (nSPS) is 13.6. The van der Waals surface area contributed by atoms with Crippen molar-refractivity contribution in [2.45, 2.75) is 59.7 Å². The highest BCUT2D eigenvalue weighted by Crippen LogP contribution is 2.22. The third kappa shape index (κ3) is 7.32. The van der Waals surface area contributed by atoms with Crippen LogP contribution in [0.15, 0.2) is 24.3 Å². The molecule has 3 N–H and O–H groups in total. The van der Waals surface area contributed by atoms with Crippen LogP contribution in [-0.2, 0) is 16.1 Å². The summed E-state index contributed by atoms with van der Waals surface area (Å²) in [7, 11) is 0. The van der Waals surface area contributed by atoms with Crippen LogP contribution in [0.25, 0.3) is 0 Å². The Kier molecular flexibility index (Phi) is 7.24. The average molecular weight is 336 g/mol. The van der Waals surface area contributed by atoms with Gasteiger partial charge in [-0.3, -0.25) is 4.79 Å². The lowest BCUT2D eigenvalue weighted by molar-refractivity contribution is -0.160. The molecule has 5 nitrogen and oxygen atoms in total. The number of ether oxygens (including phenoxy) is 1. The summed E-state index contributed by atoms with van der Waals surface area (Å²) < 4.78 is 5.51. The van der Waals surface area contributed by atoms with E-state index < -0.39 is 5.60 Å². The Morgan fingerprint density at radius 3 is 2.29 bits per heavy atom. The molecule has 0 unspecified atom stereocenters. The Bertz CT molecular complexity index is 530. The number of rotatable bonds is 7. The van der Waals surface area contributed by atoms with Gasteiger partial charge in [0.25, 0.3) is 0 Å². The molecule has 136 valence electrons. The van der Waals surface area contributed by atoms with E-state index in [9.17, 15) is 9.90 Å². The Balaban J connectivity index is 2.46. The Morgan fingerprint density at radius 2 is 1.75 bits per heavy atom. The van der Waals surface area contributed by atoms with Gasteiger partial charge in [0.15, 0.2) is 0 Å². The molecule has 0 saturated carbocycles. The Hall–Kier alpha value is -1.59. The summed E-state index contributed by atoms with van der Waals surface area (Å²) in [6.07, 6.45) is 0. The standard InChI is InChI=1S/C19H32N2O3/c1-18(2,3)16(17(23)24-19(4,5)6)21-12-11-20-13-14-9-7-8-10-15(14)22/h7-10,16,20-22H,11-13H2,1-6H3/t16-/m1/s1. The van der Waals surface area contributed by atoms with Gasteiger partial charge in [0, 0.05) is 25.2 Å². The van der Waals surface area contributed by atoms with Crippen LogP contribution in [0.2, 0.25) is 0 Å². The third-order valence-corrected chi connectivity index (χ3v) is 3.47. The van der Waals surface area contributed by atoms with Gasteiger partial charge in [-0.15, -0.1) is 0 Å². The second-order valence-corrected chi connectivity index (χ2v) is 8.09. The summed E-state index contributed by atoms with van der Waals surface area (Å²) in [6, 6.07) is 6.88. The molecule has 0 saturated heterocycles. The van der Waals surface area contributed by atoms with Gasteiger partial charge in [0.2, 0.25) is 0 Å². The monoisotopic (exact) mass is 336 g/mol. The fourth-order valence-electron chi connectivity index (χ4n) is 2.29. The highest BCUT2D eigenvalue weighted by Gasteiger charge is 2.34. The number of phenolic OH excluding ortho intramolecular Hbond substituents is 1. The van der Waals surface area contributed by atoms with Crippen LogP contribution in [-0.4, -0.2) is 35.8 Å². The van der Waals surface area contributed by atoms with Crippen molar-refractivity contribution in [3.05, 3.63) is 29.8 Å². The topological polar surface area (TPSA) is 70.6 Å². The first-order chi connectivity index (χ1) is 11.0. The molecule has 1 aromatic rings. The maximum absolute atomic E-state index is 12.4. The van der Waals surface area contributed by atoms with Gasteiger partial charge in [-0.1, -0.05) is 39.0 Å². The van der Waals surface area contributed by atoms with Gasteiger partial charge < -0.3 is 20.5 Å². The Labute approximate surface area is 145 Å². The molecule has 0 heterocycles. The lowest BCUT2D eigenvalue weighted by Crippen LogP contribution is -2.50. The second-order valence-electron chi connectivity index (χ2n) is 8.09. The number of hydrogen-bond donors (Lipinski definition) is 3. The molecule has 0 aromatic heterocycles. The highest BCUT2D eigenvalue weighted by molar-refractivity contribution is 5.77. The maximum atomic E-state index is 12.4. The van der Waals surface area contributed by atoms with E-state index in [-0.39, 0.29) is 17.4 Å². The summed E-state index contributed by atoms with van der Waals surface area (Å²) in [4.78, 5) is 12.4. The molecule has 0 amide bonds. The molecule has 0 aliphatic heterocycles. The van der Waals surface area contributed by atoms with E-state index in [1.807, 2.05) is 53.7 Å². The number of esters is 1. The molecule has 0 aliphatic rings. The minimum atomic E-state index is -0.495. The van der Waals surface area contributed by atoms with Crippen LogP contribution in [0.3, 0.4) is 0 Å². The summed E-state index contributed by atoms with van der Waals surface area (Å²) >= 11 is 0. The van der Waals surface area contributed by atoms with E-state index in [0.717, 1.165) is 5.56 Å². The van der Waals surface area contributed by atoms with E-state index in [4.69, 9.17) is 4.74 Å². The van der Waals surface area contributed by atoms with Crippen molar-refractivity contribution in [3.8, 4) is 5.75 Å². The van der Waals surface area contributed by atoms with Crippen LogP contribution in [0.5, 0.6) is 5.75 Å². The van der Waals surface area contributed by atoms with Crippen molar-refractivity contribution < 1.29 is 14.6 Å². The summed E-state index contributed by atoms with van der Waals surface area (Å²) in [5, 5.41) is 16.3. The summed E-state index contributed by atoms with van der Waals surface area (Å²) in [5.41, 5.74) is 0.128. The molecule has 0 radical (unpaired) electrons. The minimum absolute atomic E-state index is 0.226. The number of para-hydroxylation sites is 1. The molecular formula is C19H32N2O3. The molecule has 0 bridgehead atoms. The quantitative estimate of drug-likeness (QED) is 0.528. The molecule has 1 atom stereocenters. The number of carbonyl (C=O) groups excluding carboxylic acids is 1. The number of hydrogen-bond acceptors (Lipinski definition) is 5. The van der Waals surface area contributed by atoms with E-state index in [1.54, 1.807) is 12.1 Å². The summed E-state index contributed by atoms with van der Waals surface area (Å²) in [5.74, 6) is 0.0648. The average Bonchev–Trinajstić information content (AvgIpc) is 2.41. The van der Waals surface area contributed by atoms with Crippen molar-refractivity contribution >= 4 is 5.97 Å². The largest absolute Gasteiger partial charge is 0.508 e. The zero-order valence-corrected chi connectivity index (χ0v) is 15.8. The number of phenols is 1. The molecule has 0 aliphatic carbocycles. The maximum Gasteiger partial charge on any atom is 0.324 e. The fraction of sp³-hybridized carbons (Fsp3) is 0.632. The smallest absolute Gasteiger partial charge is 0.324 e. The zero-order valence-electron chi connectivity index (χ0n) is 15.8. The van der Waals surface area contributed by atoms with Crippen molar-refractivity contribution in [1.82, 2.24) is 10.6 Å². The number of benzene rings is 1. The van der Waals surface area contributed by atoms with Gasteiger partial charge >= 0.3 is 5.97 Å². The van der Waals surface area contributed by atoms with Gasteiger partial charge in [0.05, 0.1) is 0 Å². The van der Waals surface area contributed by atoms with Crippen molar-refractivity contribution in [1.29, 1.82) is 0 Å². The first kappa shape index (κ1) is 20.5. The lowest BCUT2D eigenvalue weighted by Gasteiger charge is -2.32. The predicted octanol–water partition coefficient (Wildman–Crippen LogP) is 2.83. The van der Waals surface area contributed by atoms with Gasteiger partial charge in [-0.25, -0.2) is 0 Å². The van der Waals surface area contributed by atoms with Crippen molar-refractivity contribution in [2.24, 2.45) is 5.41 Å². The lowest BCUT2D eigenvalue weighted by atomic mass is 9.86. The van der Waals surface area contributed by atoms with E-state index >= 15 is 0 Å². The van der Waals surface area contributed by atoms with Gasteiger partial charge in [0.1, 0.15) is 17.4 Å². The second kappa shape index (κ2) is 8.49. The Morgan fingerprint density at radius 1 is 1.12 bits per heavy atom. The third-order valence-electron chi connectivity index (χ3n) is 3.47. The highest BCUT2D eigenvalue weighted by atomic mass is 16.6. The van der Waals surface area contributed by atoms with Crippen molar-refractivity contribution in [3.63, 3.8) is 0 Å². The minimum Gasteiger partial charge on any atom is -0.508 e. The van der Waals surface area contributed by atoms with Crippen LogP contribution < -0.4 is 10.6 Å².